The molecule has 4 heteroatoms. The topological polar surface area (TPSA) is 9.23 Å². The van der Waals surface area contributed by atoms with Crippen LogP contribution in [-0.2, 0) is 4.74 Å². The van der Waals surface area contributed by atoms with Crippen molar-refractivity contribution in [1.29, 1.82) is 0 Å². The molecule has 1 atom stereocenters. The summed E-state index contributed by atoms with van der Waals surface area (Å²) in [5.41, 5.74) is 0. The fraction of sp³-hybridized carbons (Fsp3) is 0.875. The third-order valence-corrected chi connectivity index (χ3v) is 4.34. The Labute approximate surface area is 140 Å². The van der Waals surface area contributed by atoms with Crippen molar-refractivity contribution in [2.24, 2.45) is 5.92 Å². The van der Waals surface area contributed by atoms with E-state index in [1.54, 1.807) is 6.26 Å². The first-order valence-electron chi connectivity index (χ1n) is 7.81. The van der Waals surface area contributed by atoms with E-state index in [2.05, 4.69) is 6.92 Å². The van der Waals surface area contributed by atoms with E-state index in [4.69, 9.17) is 39.5 Å². The van der Waals surface area contributed by atoms with Crippen LogP contribution >= 0.6 is 34.8 Å². The molecule has 0 aliphatic heterocycles. The molecule has 0 spiro atoms. The summed E-state index contributed by atoms with van der Waals surface area (Å²) in [5.74, 6) is 0.132. The minimum Gasteiger partial charge on any atom is -0.502 e. The Balaban J connectivity index is 3.80. The lowest BCUT2D eigenvalue weighted by Crippen LogP contribution is -2.19. The van der Waals surface area contributed by atoms with E-state index in [-0.39, 0.29) is 5.92 Å². The predicted molar refractivity (Wildman–Crippen MR) is 91.8 cm³/mol. The summed E-state index contributed by atoms with van der Waals surface area (Å²) in [7, 11) is 0. The zero-order valence-electron chi connectivity index (χ0n) is 12.8. The van der Waals surface area contributed by atoms with E-state index < -0.39 is 3.79 Å². The van der Waals surface area contributed by atoms with Crippen molar-refractivity contribution in [2.45, 2.75) is 75.4 Å². The normalized spacial score (nSPS) is 13.8. The number of rotatable bonds is 12. The Morgan fingerprint density at radius 3 is 2.15 bits per heavy atom. The predicted octanol–water partition coefficient (Wildman–Crippen LogP) is 7.05. The molecule has 0 heterocycles. The summed E-state index contributed by atoms with van der Waals surface area (Å²) in [6.07, 6.45) is 14.0. The molecular weight excluding hydrogens is 315 g/mol. The highest BCUT2D eigenvalue weighted by Gasteiger charge is 2.31. The number of allylic oxidation sites excluding steroid dienone is 1. The van der Waals surface area contributed by atoms with Gasteiger partial charge in [0, 0.05) is 5.92 Å². The highest BCUT2D eigenvalue weighted by atomic mass is 35.6. The molecule has 0 saturated carbocycles. The zero-order chi connectivity index (χ0) is 15.3. The second kappa shape index (κ2) is 13.1. The number of ether oxygens (including phenoxy) is 1. The van der Waals surface area contributed by atoms with Crippen LogP contribution < -0.4 is 0 Å². The molecule has 0 aromatic carbocycles. The molecule has 0 rings (SSSR count). The fourth-order valence-corrected chi connectivity index (χ4v) is 2.87. The van der Waals surface area contributed by atoms with Gasteiger partial charge < -0.3 is 4.74 Å². The Bertz CT molecular complexity index is 236. The van der Waals surface area contributed by atoms with E-state index in [9.17, 15) is 0 Å². The first-order valence-corrected chi connectivity index (χ1v) is 8.95. The Hall–Kier alpha value is 0.410. The maximum Gasteiger partial charge on any atom is 0.193 e. The van der Waals surface area contributed by atoms with Gasteiger partial charge in [-0.05, 0) is 26.2 Å². The van der Waals surface area contributed by atoms with Crippen LogP contribution in [0.4, 0.5) is 0 Å². The Morgan fingerprint density at radius 2 is 1.55 bits per heavy atom. The van der Waals surface area contributed by atoms with Gasteiger partial charge in [-0.1, -0.05) is 86.3 Å². The molecule has 0 aliphatic rings. The molecule has 120 valence electrons. The average Bonchev–Trinajstić information content (AvgIpc) is 2.38. The van der Waals surface area contributed by atoms with Crippen molar-refractivity contribution in [3.63, 3.8) is 0 Å². The van der Waals surface area contributed by atoms with Gasteiger partial charge in [0.25, 0.3) is 0 Å². The fourth-order valence-electron chi connectivity index (χ4n) is 2.22. The van der Waals surface area contributed by atoms with Gasteiger partial charge in [-0.25, -0.2) is 0 Å². The largest absolute Gasteiger partial charge is 0.502 e. The summed E-state index contributed by atoms with van der Waals surface area (Å²) in [4.78, 5) is 0. The van der Waals surface area contributed by atoms with E-state index in [0.717, 1.165) is 25.7 Å². The number of hydrogen-bond donors (Lipinski definition) is 0. The molecule has 0 bridgehead atoms. The second-order valence-electron chi connectivity index (χ2n) is 5.28. The van der Waals surface area contributed by atoms with Gasteiger partial charge >= 0.3 is 0 Å². The van der Waals surface area contributed by atoms with Gasteiger partial charge in [0.1, 0.15) is 0 Å². The standard InChI is InChI=1S/C16H29Cl3O/c1-3-5-6-7-8-9-11-15(16(17,18)19)12-10-14-20-13-4-2/h4,13,15H,3,5-12,14H2,1-2H3. The minimum atomic E-state index is -1.15. The lowest BCUT2D eigenvalue weighted by atomic mass is 9.97. The van der Waals surface area contributed by atoms with E-state index in [0.29, 0.717) is 6.61 Å². The molecular formula is C16H29Cl3O. The van der Waals surface area contributed by atoms with E-state index >= 15 is 0 Å². The quantitative estimate of drug-likeness (QED) is 0.209. The van der Waals surface area contributed by atoms with E-state index in [1.165, 1.54) is 32.1 Å². The van der Waals surface area contributed by atoms with E-state index in [1.807, 2.05) is 13.0 Å². The first kappa shape index (κ1) is 20.4. The van der Waals surface area contributed by atoms with Crippen LogP contribution in [0.15, 0.2) is 12.3 Å². The van der Waals surface area contributed by atoms with Crippen molar-refractivity contribution < 1.29 is 4.74 Å². The SMILES string of the molecule is CC=COCCCC(CCCCCCCC)C(Cl)(Cl)Cl. The maximum absolute atomic E-state index is 6.08. The van der Waals surface area contributed by atoms with Crippen LogP contribution in [0.5, 0.6) is 0 Å². The van der Waals surface area contributed by atoms with Crippen LogP contribution in [-0.4, -0.2) is 10.4 Å². The zero-order valence-corrected chi connectivity index (χ0v) is 15.1. The van der Waals surface area contributed by atoms with Crippen LogP contribution in [0.2, 0.25) is 0 Å². The van der Waals surface area contributed by atoms with Crippen molar-refractivity contribution in [2.75, 3.05) is 6.61 Å². The molecule has 0 aromatic rings. The monoisotopic (exact) mass is 342 g/mol. The highest BCUT2D eigenvalue weighted by Crippen LogP contribution is 2.40. The lowest BCUT2D eigenvalue weighted by molar-refractivity contribution is 0.230. The van der Waals surface area contributed by atoms with Crippen molar-refractivity contribution >= 4 is 34.8 Å². The third-order valence-electron chi connectivity index (χ3n) is 3.42. The number of hydrogen-bond acceptors (Lipinski definition) is 1. The number of alkyl halides is 3. The molecule has 0 saturated heterocycles. The lowest BCUT2D eigenvalue weighted by Gasteiger charge is -2.24. The van der Waals surface area contributed by atoms with Crippen molar-refractivity contribution in [3.05, 3.63) is 12.3 Å². The minimum absolute atomic E-state index is 0.132. The molecule has 20 heavy (non-hydrogen) atoms. The van der Waals surface area contributed by atoms with Crippen molar-refractivity contribution in [3.8, 4) is 0 Å². The molecule has 0 N–H and O–H groups in total. The third kappa shape index (κ3) is 12.2. The number of unbranched alkanes of at least 4 members (excludes halogenated alkanes) is 5. The van der Waals surface area contributed by atoms with Gasteiger partial charge in [-0.15, -0.1) is 0 Å². The van der Waals surface area contributed by atoms with Gasteiger partial charge in [0.15, 0.2) is 3.79 Å². The number of halogens is 3. The summed E-state index contributed by atoms with van der Waals surface area (Å²) < 4.78 is 4.16. The molecule has 0 amide bonds. The van der Waals surface area contributed by atoms with Crippen LogP contribution in [0.3, 0.4) is 0 Å². The molecule has 0 radical (unpaired) electrons. The van der Waals surface area contributed by atoms with Gasteiger partial charge in [-0.2, -0.15) is 0 Å². The smallest absolute Gasteiger partial charge is 0.193 e. The maximum atomic E-state index is 6.08. The first-order chi connectivity index (χ1) is 9.52. The van der Waals surface area contributed by atoms with Gasteiger partial charge in [-0.3, -0.25) is 0 Å². The molecule has 0 aliphatic carbocycles. The highest BCUT2D eigenvalue weighted by molar-refractivity contribution is 6.67. The molecule has 0 fully saturated rings. The summed E-state index contributed by atoms with van der Waals surface area (Å²) in [6, 6.07) is 0. The Kier molecular flexibility index (Phi) is 13.4. The Morgan fingerprint density at radius 1 is 0.950 bits per heavy atom. The summed E-state index contributed by atoms with van der Waals surface area (Å²) in [6.45, 7) is 4.86. The van der Waals surface area contributed by atoms with Crippen LogP contribution in [0, 0.1) is 5.92 Å². The molecule has 0 aromatic heterocycles. The second-order valence-corrected chi connectivity index (χ2v) is 7.65. The van der Waals surface area contributed by atoms with Gasteiger partial charge in [0.05, 0.1) is 12.9 Å². The van der Waals surface area contributed by atoms with Gasteiger partial charge in [0.2, 0.25) is 0 Å². The van der Waals surface area contributed by atoms with Crippen LogP contribution in [0.1, 0.15) is 71.6 Å². The summed E-state index contributed by atoms with van der Waals surface area (Å²) >= 11 is 18.2. The average molecular weight is 344 g/mol. The summed E-state index contributed by atoms with van der Waals surface area (Å²) in [5, 5.41) is 0. The van der Waals surface area contributed by atoms with Crippen LogP contribution in [0.25, 0.3) is 0 Å². The van der Waals surface area contributed by atoms with Crippen molar-refractivity contribution in [1.82, 2.24) is 0 Å². The molecule has 1 nitrogen and oxygen atoms in total. The molecule has 1 unspecified atom stereocenters.